The van der Waals surface area contributed by atoms with Crippen LogP contribution in [0.4, 0.5) is 5.82 Å². The summed E-state index contributed by atoms with van der Waals surface area (Å²) < 4.78 is 5.56. The van der Waals surface area contributed by atoms with Crippen molar-refractivity contribution in [3.05, 3.63) is 18.3 Å². The van der Waals surface area contributed by atoms with E-state index in [1.807, 2.05) is 19.1 Å². The Morgan fingerprint density at radius 1 is 1.37 bits per heavy atom. The third kappa shape index (κ3) is 3.60. The van der Waals surface area contributed by atoms with Crippen molar-refractivity contribution in [3.8, 4) is 5.75 Å². The number of aliphatic hydroxyl groups excluding tert-OH is 1. The summed E-state index contributed by atoms with van der Waals surface area (Å²) in [6.07, 6.45) is 7.65. The van der Waals surface area contributed by atoms with E-state index < -0.39 is 0 Å². The Morgan fingerprint density at radius 3 is 2.84 bits per heavy atom. The number of ether oxygens (including phenoxy) is 1. The molecule has 0 unspecified atom stereocenters. The molecule has 4 heteroatoms. The van der Waals surface area contributed by atoms with Gasteiger partial charge in [0.2, 0.25) is 0 Å². The van der Waals surface area contributed by atoms with Gasteiger partial charge in [0, 0.05) is 18.2 Å². The molecule has 1 heterocycles. The Balaban J connectivity index is 2.00. The summed E-state index contributed by atoms with van der Waals surface area (Å²) in [6.45, 7) is 3.61. The maximum absolute atomic E-state index is 9.70. The number of pyridine rings is 1. The Morgan fingerprint density at radius 2 is 2.16 bits per heavy atom. The first kappa shape index (κ1) is 14.1. The summed E-state index contributed by atoms with van der Waals surface area (Å²) in [5.41, 5.74) is 0.0132. The second-order valence-corrected chi connectivity index (χ2v) is 5.36. The molecular formula is C15H24N2O2. The van der Waals surface area contributed by atoms with E-state index in [1.165, 1.54) is 19.3 Å². The third-order valence-corrected chi connectivity index (χ3v) is 3.95. The number of hydrogen-bond donors (Lipinski definition) is 2. The molecule has 0 atom stereocenters. The normalized spacial score (nSPS) is 18.0. The van der Waals surface area contributed by atoms with E-state index in [4.69, 9.17) is 4.74 Å². The predicted molar refractivity (Wildman–Crippen MR) is 76.5 cm³/mol. The summed E-state index contributed by atoms with van der Waals surface area (Å²) in [7, 11) is 0. The standard InChI is InChI=1S/C15H24N2O2/c1-2-19-13-7-6-10-16-14(13)17-11-15(12-18)8-4-3-5-9-15/h6-7,10,18H,2-5,8-9,11-12H2,1H3,(H,16,17). The topological polar surface area (TPSA) is 54.4 Å². The van der Waals surface area contributed by atoms with Crippen LogP contribution >= 0.6 is 0 Å². The van der Waals surface area contributed by atoms with Crippen molar-refractivity contribution in [2.75, 3.05) is 25.1 Å². The molecule has 0 saturated heterocycles. The number of nitrogens with zero attached hydrogens (tertiary/aromatic N) is 1. The van der Waals surface area contributed by atoms with Crippen LogP contribution in [0.5, 0.6) is 5.75 Å². The lowest BCUT2D eigenvalue weighted by Crippen LogP contribution is -2.35. The molecule has 0 amide bonds. The Hall–Kier alpha value is -1.29. The zero-order chi connectivity index (χ0) is 13.6. The van der Waals surface area contributed by atoms with Crippen molar-refractivity contribution < 1.29 is 9.84 Å². The summed E-state index contributed by atoms with van der Waals surface area (Å²) in [5, 5.41) is 13.1. The first-order chi connectivity index (χ1) is 9.29. The van der Waals surface area contributed by atoms with Crippen LogP contribution in [-0.4, -0.2) is 29.8 Å². The van der Waals surface area contributed by atoms with E-state index in [0.29, 0.717) is 6.61 Å². The number of anilines is 1. The van der Waals surface area contributed by atoms with E-state index in [1.54, 1.807) is 6.20 Å². The fourth-order valence-electron chi connectivity index (χ4n) is 2.76. The van der Waals surface area contributed by atoms with Gasteiger partial charge in [-0.1, -0.05) is 19.3 Å². The second kappa shape index (κ2) is 6.75. The number of hydrogen-bond acceptors (Lipinski definition) is 4. The maximum atomic E-state index is 9.70. The molecular weight excluding hydrogens is 240 g/mol. The molecule has 106 valence electrons. The monoisotopic (exact) mass is 264 g/mol. The summed E-state index contributed by atoms with van der Waals surface area (Å²) in [5.74, 6) is 1.57. The predicted octanol–water partition coefficient (Wildman–Crippen LogP) is 2.84. The van der Waals surface area contributed by atoms with Crippen LogP contribution in [-0.2, 0) is 0 Å². The van der Waals surface area contributed by atoms with Crippen molar-refractivity contribution in [2.45, 2.75) is 39.0 Å². The molecule has 19 heavy (non-hydrogen) atoms. The van der Waals surface area contributed by atoms with Crippen molar-refractivity contribution in [1.82, 2.24) is 4.98 Å². The molecule has 1 aromatic heterocycles. The van der Waals surface area contributed by atoms with Gasteiger partial charge in [-0.05, 0) is 31.9 Å². The minimum atomic E-state index is 0.0132. The van der Waals surface area contributed by atoms with Gasteiger partial charge in [-0.25, -0.2) is 4.98 Å². The van der Waals surface area contributed by atoms with Crippen LogP contribution in [0.25, 0.3) is 0 Å². The van der Waals surface area contributed by atoms with E-state index in [9.17, 15) is 5.11 Å². The highest BCUT2D eigenvalue weighted by molar-refractivity contribution is 5.49. The molecule has 1 fully saturated rings. The molecule has 2 N–H and O–H groups in total. The highest BCUT2D eigenvalue weighted by Crippen LogP contribution is 2.36. The van der Waals surface area contributed by atoms with Crippen LogP contribution in [0.15, 0.2) is 18.3 Å². The summed E-state index contributed by atoms with van der Waals surface area (Å²) in [4.78, 5) is 4.33. The summed E-state index contributed by atoms with van der Waals surface area (Å²) >= 11 is 0. The maximum Gasteiger partial charge on any atom is 0.168 e. The van der Waals surface area contributed by atoms with Crippen molar-refractivity contribution >= 4 is 5.82 Å². The van der Waals surface area contributed by atoms with Gasteiger partial charge in [0.1, 0.15) is 0 Å². The van der Waals surface area contributed by atoms with Crippen molar-refractivity contribution in [2.24, 2.45) is 5.41 Å². The quantitative estimate of drug-likeness (QED) is 0.829. The number of aliphatic hydroxyl groups is 1. The van der Waals surface area contributed by atoms with Gasteiger partial charge in [0.25, 0.3) is 0 Å². The van der Waals surface area contributed by atoms with E-state index in [2.05, 4.69) is 10.3 Å². The molecule has 0 bridgehead atoms. The van der Waals surface area contributed by atoms with E-state index >= 15 is 0 Å². The molecule has 4 nitrogen and oxygen atoms in total. The first-order valence-electron chi connectivity index (χ1n) is 7.22. The molecule has 1 aliphatic rings. The fraction of sp³-hybridized carbons (Fsp3) is 0.667. The fourth-order valence-corrected chi connectivity index (χ4v) is 2.76. The number of nitrogens with one attached hydrogen (secondary N) is 1. The molecule has 0 aromatic carbocycles. The van der Waals surface area contributed by atoms with Crippen LogP contribution in [0.1, 0.15) is 39.0 Å². The van der Waals surface area contributed by atoms with Gasteiger partial charge in [-0.2, -0.15) is 0 Å². The highest BCUT2D eigenvalue weighted by Gasteiger charge is 2.31. The van der Waals surface area contributed by atoms with Crippen LogP contribution in [0.2, 0.25) is 0 Å². The molecule has 1 aliphatic carbocycles. The zero-order valence-electron chi connectivity index (χ0n) is 11.7. The molecule has 1 aromatic rings. The smallest absolute Gasteiger partial charge is 0.168 e. The van der Waals surface area contributed by atoms with Gasteiger partial charge in [0.15, 0.2) is 11.6 Å². The molecule has 0 spiro atoms. The highest BCUT2D eigenvalue weighted by atomic mass is 16.5. The minimum absolute atomic E-state index is 0.0132. The molecule has 2 rings (SSSR count). The largest absolute Gasteiger partial charge is 0.490 e. The molecule has 0 radical (unpaired) electrons. The lowest BCUT2D eigenvalue weighted by Gasteiger charge is -2.35. The second-order valence-electron chi connectivity index (χ2n) is 5.36. The van der Waals surface area contributed by atoms with Crippen LogP contribution < -0.4 is 10.1 Å². The third-order valence-electron chi connectivity index (χ3n) is 3.95. The van der Waals surface area contributed by atoms with Gasteiger partial charge in [-0.3, -0.25) is 0 Å². The lowest BCUT2D eigenvalue weighted by atomic mass is 9.74. The minimum Gasteiger partial charge on any atom is -0.490 e. The van der Waals surface area contributed by atoms with Gasteiger partial charge in [0.05, 0.1) is 13.2 Å². The Bertz CT molecular complexity index is 389. The molecule has 0 aliphatic heterocycles. The Kier molecular flexibility index (Phi) is 5.02. The van der Waals surface area contributed by atoms with E-state index in [0.717, 1.165) is 31.0 Å². The average molecular weight is 264 g/mol. The van der Waals surface area contributed by atoms with E-state index in [-0.39, 0.29) is 12.0 Å². The first-order valence-corrected chi connectivity index (χ1v) is 7.22. The molecule has 1 saturated carbocycles. The van der Waals surface area contributed by atoms with Crippen LogP contribution in [0, 0.1) is 5.41 Å². The van der Waals surface area contributed by atoms with Gasteiger partial charge < -0.3 is 15.2 Å². The Labute approximate surface area is 115 Å². The SMILES string of the molecule is CCOc1cccnc1NCC1(CO)CCCCC1. The number of aromatic nitrogens is 1. The average Bonchev–Trinajstić information content (AvgIpc) is 2.48. The van der Waals surface area contributed by atoms with Crippen molar-refractivity contribution in [1.29, 1.82) is 0 Å². The van der Waals surface area contributed by atoms with Crippen molar-refractivity contribution in [3.63, 3.8) is 0 Å². The van der Waals surface area contributed by atoms with Crippen LogP contribution in [0.3, 0.4) is 0 Å². The summed E-state index contributed by atoms with van der Waals surface area (Å²) in [6, 6.07) is 3.80. The number of rotatable bonds is 6. The lowest BCUT2D eigenvalue weighted by molar-refractivity contribution is 0.0942. The van der Waals surface area contributed by atoms with Gasteiger partial charge in [-0.15, -0.1) is 0 Å². The zero-order valence-corrected chi connectivity index (χ0v) is 11.7. The van der Waals surface area contributed by atoms with Gasteiger partial charge >= 0.3 is 0 Å².